The van der Waals surface area contributed by atoms with Crippen LogP contribution in [-0.4, -0.2) is 66.5 Å². The molecule has 0 spiro atoms. The van der Waals surface area contributed by atoms with Crippen LogP contribution in [0.15, 0.2) is 72.9 Å². The second-order valence-electron chi connectivity index (χ2n) is 20.5. The van der Waals surface area contributed by atoms with Gasteiger partial charge in [0.25, 0.3) is 0 Å². The van der Waals surface area contributed by atoms with Crippen molar-refractivity contribution in [3.05, 3.63) is 72.9 Å². The number of phosphoric acid groups is 1. The maximum Gasteiger partial charge on any atom is 0.472 e. The van der Waals surface area contributed by atoms with Gasteiger partial charge in [0.05, 0.1) is 19.8 Å². The van der Waals surface area contributed by atoms with Crippen molar-refractivity contribution in [3.8, 4) is 0 Å². The molecule has 0 amide bonds. The van der Waals surface area contributed by atoms with Gasteiger partial charge in [-0.1, -0.05) is 222 Å². The largest absolute Gasteiger partial charge is 0.472 e. The predicted molar refractivity (Wildman–Crippen MR) is 316 cm³/mol. The Bertz CT molecular complexity index is 1550. The van der Waals surface area contributed by atoms with Crippen LogP contribution in [0.25, 0.3) is 0 Å². The van der Waals surface area contributed by atoms with Crippen molar-refractivity contribution in [2.24, 2.45) is 0 Å². The summed E-state index contributed by atoms with van der Waals surface area (Å²) in [5.41, 5.74) is 0. The number of carbonyl (C=O) groups is 3. The van der Waals surface area contributed by atoms with Crippen molar-refractivity contribution >= 4 is 25.7 Å². The van der Waals surface area contributed by atoms with Crippen LogP contribution in [0, 0.1) is 0 Å². The highest BCUT2D eigenvalue weighted by Crippen LogP contribution is 2.43. The van der Waals surface area contributed by atoms with Crippen molar-refractivity contribution in [1.29, 1.82) is 0 Å². The van der Waals surface area contributed by atoms with E-state index in [1.165, 1.54) is 116 Å². The summed E-state index contributed by atoms with van der Waals surface area (Å²) in [4.78, 5) is 48.6. The molecule has 0 aliphatic carbocycles. The number of unbranched alkanes of at least 4 members (excludes halogenated alkanes) is 28. The number of hydrogen-bond acceptors (Lipinski definition) is 10. The molecule has 76 heavy (non-hydrogen) atoms. The smallest absolute Gasteiger partial charge is 0.462 e. The molecule has 0 aromatic carbocycles. The Balaban J connectivity index is 4.73. The quantitative estimate of drug-likeness (QED) is 0.0197. The van der Waals surface area contributed by atoms with Gasteiger partial charge in [0.1, 0.15) is 12.7 Å². The molecule has 3 unspecified atom stereocenters. The molecule has 0 fully saturated rings. The molecule has 3 atom stereocenters. The van der Waals surface area contributed by atoms with Crippen LogP contribution in [0.5, 0.6) is 0 Å². The second kappa shape index (κ2) is 58.1. The molecule has 11 nitrogen and oxygen atoms in total. The topological polar surface area (TPSA) is 155 Å². The predicted octanol–water partition coefficient (Wildman–Crippen LogP) is 18.5. The molecule has 0 aliphatic rings. The Kier molecular flexibility index (Phi) is 55.7. The van der Waals surface area contributed by atoms with E-state index in [0.29, 0.717) is 19.3 Å². The van der Waals surface area contributed by atoms with Gasteiger partial charge in [0.2, 0.25) is 0 Å². The monoisotopic (exact) mass is 1090 g/mol. The van der Waals surface area contributed by atoms with Crippen LogP contribution in [0.2, 0.25) is 0 Å². The standard InChI is InChI=1S/C64H113O11P/c1-4-7-10-13-16-19-22-25-27-29-30-32-33-36-38-41-44-47-50-53-62(66)71-57-61(75-64(68)55-52-49-46-43-40-37-34-31-28-26-23-20-17-14-11-8-5-2)59-73-76(69,70)72-58-60(56-65)74-63(67)54-51-48-45-42-39-35-24-21-18-15-12-9-6-3/h9,12,16,18-19,21,25-28,35,39,60-61,65H,4-8,10-11,13-15,17,20,22-24,29-34,36-38,40-59H2,1-3H3,(H,69,70)/b12-9-,19-16-,21-18-,27-25-,28-26-,39-35-. The number of aliphatic hydroxyl groups excluding tert-OH is 1. The molecule has 0 radical (unpaired) electrons. The fraction of sp³-hybridized carbons (Fsp3) is 0.766. The fourth-order valence-electron chi connectivity index (χ4n) is 8.40. The van der Waals surface area contributed by atoms with E-state index in [-0.39, 0.29) is 25.9 Å². The molecule has 0 rings (SSSR count). The summed E-state index contributed by atoms with van der Waals surface area (Å²) in [6.07, 6.45) is 65.7. The lowest BCUT2D eigenvalue weighted by atomic mass is 10.1. The van der Waals surface area contributed by atoms with Gasteiger partial charge in [-0.15, -0.1) is 0 Å². The Morgan fingerprint density at radius 3 is 1.11 bits per heavy atom. The zero-order chi connectivity index (χ0) is 55.5. The highest BCUT2D eigenvalue weighted by Gasteiger charge is 2.28. The van der Waals surface area contributed by atoms with Gasteiger partial charge in [-0.25, -0.2) is 4.57 Å². The summed E-state index contributed by atoms with van der Waals surface area (Å²) in [7, 11) is -4.76. The summed E-state index contributed by atoms with van der Waals surface area (Å²) in [5.74, 6) is -1.50. The van der Waals surface area contributed by atoms with E-state index in [9.17, 15) is 28.9 Å². The van der Waals surface area contributed by atoms with Crippen molar-refractivity contribution < 1.29 is 52.2 Å². The molecule has 0 saturated carbocycles. The van der Waals surface area contributed by atoms with E-state index in [2.05, 4.69) is 93.7 Å². The normalized spacial score (nSPS) is 13.8. The van der Waals surface area contributed by atoms with Crippen LogP contribution in [0.1, 0.15) is 278 Å². The number of allylic oxidation sites excluding steroid dienone is 12. The van der Waals surface area contributed by atoms with Crippen LogP contribution in [0.3, 0.4) is 0 Å². The number of carbonyl (C=O) groups excluding carboxylic acids is 3. The van der Waals surface area contributed by atoms with Gasteiger partial charge < -0.3 is 24.2 Å². The van der Waals surface area contributed by atoms with Crippen LogP contribution >= 0.6 is 7.82 Å². The molecule has 0 aliphatic heterocycles. The molecule has 0 aromatic rings. The van der Waals surface area contributed by atoms with E-state index in [0.717, 1.165) is 103 Å². The van der Waals surface area contributed by atoms with Gasteiger partial charge in [0.15, 0.2) is 6.10 Å². The molecule has 12 heteroatoms. The molecule has 0 aromatic heterocycles. The Morgan fingerprint density at radius 2 is 0.684 bits per heavy atom. The highest BCUT2D eigenvalue weighted by atomic mass is 31.2. The summed E-state index contributed by atoms with van der Waals surface area (Å²) >= 11 is 0. The second-order valence-corrected chi connectivity index (χ2v) is 21.9. The number of rotatable bonds is 57. The van der Waals surface area contributed by atoms with Gasteiger partial charge in [-0.05, 0) is 109 Å². The number of hydrogen-bond donors (Lipinski definition) is 2. The molecular formula is C64H113O11P. The molecular weight excluding hydrogens is 976 g/mol. The lowest BCUT2D eigenvalue weighted by molar-refractivity contribution is -0.161. The maximum absolute atomic E-state index is 12.9. The minimum Gasteiger partial charge on any atom is -0.462 e. The lowest BCUT2D eigenvalue weighted by Gasteiger charge is -2.21. The number of ether oxygens (including phenoxy) is 3. The lowest BCUT2D eigenvalue weighted by Crippen LogP contribution is -2.30. The third-order valence-electron chi connectivity index (χ3n) is 13.1. The van der Waals surface area contributed by atoms with E-state index < -0.39 is 57.8 Å². The summed E-state index contributed by atoms with van der Waals surface area (Å²) in [6.45, 7) is 4.49. The molecule has 0 saturated heterocycles. The first kappa shape index (κ1) is 72.9. The van der Waals surface area contributed by atoms with Gasteiger partial charge in [-0.2, -0.15) is 0 Å². The molecule has 0 heterocycles. The Hall–Kier alpha value is -3.08. The van der Waals surface area contributed by atoms with Crippen molar-refractivity contribution in [2.75, 3.05) is 26.4 Å². The van der Waals surface area contributed by atoms with Crippen LogP contribution in [-0.2, 0) is 42.2 Å². The maximum atomic E-state index is 12.9. The summed E-state index contributed by atoms with van der Waals surface area (Å²) < 4.78 is 39.6. The average molecular weight is 1090 g/mol. The van der Waals surface area contributed by atoms with Gasteiger partial charge >= 0.3 is 25.7 Å². The van der Waals surface area contributed by atoms with E-state index >= 15 is 0 Å². The van der Waals surface area contributed by atoms with E-state index in [4.69, 9.17) is 23.3 Å². The minimum absolute atomic E-state index is 0.140. The zero-order valence-corrected chi connectivity index (χ0v) is 49.6. The zero-order valence-electron chi connectivity index (χ0n) is 48.7. The average Bonchev–Trinajstić information content (AvgIpc) is 3.41. The fourth-order valence-corrected chi connectivity index (χ4v) is 9.18. The Morgan fingerprint density at radius 1 is 0.382 bits per heavy atom. The minimum atomic E-state index is -4.76. The highest BCUT2D eigenvalue weighted by molar-refractivity contribution is 7.47. The number of esters is 3. The van der Waals surface area contributed by atoms with Crippen LogP contribution in [0.4, 0.5) is 0 Å². The third-order valence-corrected chi connectivity index (χ3v) is 14.0. The van der Waals surface area contributed by atoms with Gasteiger partial charge in [0, 0.05) is 19.3 Å². The summed E-state index contributed by atoms with van der Waals surface area (Å²) in [5, 5.41) is 9.82. The number of aliphatic hydroxyl groups is 1. The molecule has 440 valence electrons. The SMILES string of the molecule is CC/C=C\C/C=C\C/C=C\CCCCCC(=O)OC(CO)COP(=O)(O)OCC(COC(=O)CCCCCCCCCCC/C=C\C/C=C\CCCCC)OC(=O)CCCCCCCCC/C=C\CCCCCCCC. The molecule has 0 bridgehead atoms. The Labute approximate surface area is 465 Å². The van der Waals surface area contributed by atoms with Crippen molar-refractivity contribution in [3.63, 3.8) is 0 Å². The molecule has 2 N–H and O–H groups in total. The third kappa shape index (κ3) is 55.7. The van der Waals surface area contributed by atoms with Crippen LogP contribution < -0.4 is 0 Å². The van der Waals surface area contributed by atoms with E-state index in [1.54, 1.807) is 0 Å². The van der Waals surface area contributed by atoms with Crippen molar-refractivity contribution in [2.45, 2.75) is 290 Å². The first-order chi connectivity index (χ1) is 37.2. The van der Waals surface area contributed by atoms with Crippen molar-refractivity contribution in [1.82, 2.24) is 0 Å². The first-order valence-electron chi connectivity index (χ1n) is 30.8. The first-order valence-corrected chi connectivity index (χ1v) is 32.3. The van der Waals surface area contributed by atoms with Gasteiger partial charge in [-0.3, -0.25) is 23.4 Å². The van der Waals surface area contributed by atoms with E-state index in [1.807, 2.05) is 0 Å². The summed E-state index contributed by atoms with van der Waals surface area (Å²) in [6, 6.07) is 0. The number of phosphoric ester groups is 1.